The molecular weight excluding hydrogens is 265 g/mol. The second-order valence-electron chi connectivity index (χ2n) is 5.22. The summed E-state index contributed by atoms with van der Waals surface area (Å²) in [5.41, 5.74) is 9.26. The van der Waals surface area contributed by atoms with Crippen molar-refractivity contribution in [2.24, 2.45) is 5.73 Å². The van der Waals surface area contributed by atoms with E-state index in [1.807, 2.05) is 25.1 Å². The fourth-order valence-electron chi connectivity index (χ4n) is 2.63. The van der Waals surface area contributed by atoms with Crippen molar-refractivity contribution < 1.29 is 9.13 Å². The third kappa shape index (κ3) is 4.05. The summed E-state index contributed by atoms with van der Waals surface area (Å²) in [5, 5.41) is 0. The number of aryl methyl sites for hydroxylation is 1. The average Bonchev–Trinajstić information content (AvgIpc) is 2.46. The number of nitrogens with two attached hydrogens (primary N) is 1. The maximum atomic E-state index is 13.3. The summed E-state index contributed by atoms with van der Waals surface area (Å²) in [4.78, 5) is 0. The first-order valence-corrected chi connectivity index (χ1v) is 7.32. The highest BCUT2D eigenvalue weighted by Gasteiger charge is 2.14. The minimum atomic E-state index is -0.202. The minimum Gasteiger partial charge on any atom is -0.494 e. The van der Waals surface area contributed by atoms with Gasteiger partial charge in [0, 0.05) is 5.92 Å². The van der Waals surface area contributed by atoms with Gasteiger partial charge in [-0.05, 0) is 67.8 Å². The van der Waals surface area contributed by atoms with Gasteiger partial charge in [0.15, 0.2) is 0 Å². The zero-order valence-corrected chi connectivity index (χ0v) is 12.6. The van der Waals surface area contributed by atoms with E-state index in [2.05, 4.69) is 13.0 Å². The topological polar surface area (TPSA) is 35.2 Å². The number of benzene rings is 2. The molecule has 0 heterocycles. The Morgan fingerprint density at radius 3 is 2.62 bits per heavy atom. The maximum Gasteiger partial charge on any atom is 0.123 e. The summed E-state index contributed by atoms with van der Waals surface area (Å²) in [7, 11) is 0. The predicted octanol–water partition coefficient (Wildman–Crippen LogP) is 3.82. The monoisotopic (exact) mass is 287 g/mol. The zero-order chi connectivity index (χ0) is 15.2. The van der Waals surface area contributed by atoms with Crippen molar-refractivity contribution in [3.05, 3.63) is 65.0 Å². The van der Waals surface area contributed by atoms with Gasteiger partial charge < -0.3 is 10.5 Å². The molecule has 2 nitrogen and oxygen atoms in total. The third-order valence-electron chi connectivity index (χ3n) is 3.65. The first kappa shape index (κ1) is 15.5. The maximum absolute atomic E-state index is 13.3. The molecule has 0 saturated carbocycles. The lowest BCUT2D eigenvalue weighted by atomic mass is 9.89. The summed E-state index contributed by atoms with van der Waals surface area (Å²) < 4.78 is 18.8. The van der Waals surface area contributed by atoms with Crippen molar-refractivity contribution in [2.45, 2.75) is 26.2 Å². The molecule has 0 aliphatic carbocycles. The van der Waals surface area contributed by atoms with Gasteiger partial charge in [-0.1, -0.05) is 18.2 Å². The van der Waals surface area contributed by atoms with Gasteiger partial charge in [0.1, 0.15) is 11.6 Å². The molecule has 2 aromatic carbocycles. The second kappa shape index (κ2) is 7.23. The highest BCUT2D eigenvalue weighted by molar-refractivity contribution is 5.38. The van der Waals surface area contributed by atoms with Crippen molar-refractivity contribution in [3.8, 4) is 5.75 Å². The summed E-state index contributed by atoms with van der Waals surface area (Å²) in [6.07, 6.45) is 0.739. The summed E-state index contributed by atoms with van der Waals surface area (Å²) in [6.45, 7) is 5.22. The molecule has 21 heavy (non-hydrogen) atoms. The van der Waals surface area contributed by atoms with E-state index in [0.717, 1.165) is 23.3 Å². The molecule has 2 rings (SSSR count). The molecule has 0 aliphatic rings. The first-order chi connectivity index (χ1) is 10.1. The molecule has 1 atom stereocenters. The summed E-state index contributed by atoms with van der Waals surface area (Å²) >= 11 is 0. The Morgan fingerprint density at radius 1 is 1.19 bits per heavy atom. The van der Waals surface area contributed by atoms with E-state index >= 15 is 0 Å². The van der Waals surface area contributed by atoms with Crippen molar-refractivity contribution in [1.82, 2.24) is 0 Å². The number of halogens is 1. The van der Waals surface area contributed by atoms with E-state index in [0.29, 0.717) is 13.2 Å². The van der Waals surface area contributed by atoms with E-state index in [4.69, 9.17) is 10.5 Å². The molecule has 2 aromatic rings. The fraction of sp³-hybridized carbons (Fsp3) is 0.333. The van der Waals surface area contributed by atoms with Gasteiger partial charge in [-0.25, -0.2) is 4.39 Å². The molecule has 0 aliphatic heterocycles. The highest BCUT2D eigenvalue weighted by Crippen LogP contribution is 2.26. The molecule has 0 amide bonds. The van der Waals surface area contributed by atoms with Crippen LogP contribution in [-0.4, -0.2) is 13.2 Å². The van der Waals surface area contributed by atoms with Crippen LogP contribution in [0.1, 0.15) is 29.5 Å². The largest absolute Gasteiger partial charge is 0.494 e. The predicted molar refractivity (Wildman–Crippen MR) is 84.2 cm³/mol. The lowest BCUT2D eigenvalue weighted by Crippen LogP contribution is -2.16. The molecule has 1 unspecified atom stereocenters. The summed E-state index contributed by atoms with van der Waals surface area (Å²) in [6, 6.07) is 12.8. The molecule has 3 heteroatoms. The number of hydrogen-bond acceptors (Lipinski definition) is 2. The fourth-order valence-corrected chi connectivity index (χ4v) is 2.63. The van der Waals surface area contributed by atoms with Crippen LogP contribution < -0.4 is 10.5 Å². The third-order valence-corrected chi connectivity index (χ3v) is 3.65. The molecule has 0 saturated heterocycles. The van der Waals surface area contributed by atoms with Crippen LogP contribution in [0.25, 0.3) is 0 Å². The van der Waals surface area contributed by atoms with Gasteiger partial charge >= 0.3 is 0 Å². The van der Waals surface area contributed by atoms with Gasteiger partial charge in [0.2, 0.25) is 0 Å². The van der Waals surface area contributed by atoms with Crippen LogP contribution in [0, 0.1) is 12.7 Å². The molecule has 0 fully saturated rings. The Hall–Kier alpha value is -1.87. The van der Waals surface area contributed by atoms with Gasteiger partial charge in [0.05, 0.1) is 6.61 Å². The Kier molecular flexibility index (Phi) is 5.34. The van der Waals surface area contributed by atoms with Crippen LogP contribution >= 0.6 is 0 Å². The molecular formula is C18H22FNO. The number of rotatable bonds is 6. The van der Waals surface area contributed by atoms with E-state index in [9.17, 15) is 4.39 Å². The molecule has 2 N–H and O–H groups in total. The molecule has 112 valence electrons. The normalized spacial score (nSPS) is 12.2. The SMILES string of the molecule is CCOc1ccc(C(CN)Cc2cccc(F)c2)c(C)c1. The van der Waals surface area contributed by atoms with E-state index < -0.39 is 0 Å². The molecule has 0 aromatic heterocycles. The summed E-state index contributed by atoms with van der Waals surface area (Å²) in [5.74, 6) is 0.856. The first-order valence-electron chi connectivity index (χ1n) is 7.32. The van der Waals surface area contributed by atoms with Gasteiger partial charge in [-0.2, -0.15) is 0 Å². The standard InChI is InChI=1S/C18H22FNO/c1-3-21-17-7-8-18(13(2)9-17)15(12-20)10-14-5-4-6-16(19)11-14/h4-9,11,15H,3,10,12,20H2,1-2H3. The minimum absolute atomic E-state index is 0.183. The molecule has 0 bridgehead atoms. The van der Waals surface area contributed by atoms with Crippen molar-refractivity contribution >= 4 is 0 Å². The van der Waals surface area contributed by atoms with E-state index in [1.54, 1.807) is 12.1 Å². The molecule has 0 spiro atoms. The zero-order valence-electron chi connectivity index (χ0n) is 12.6. The Labute approximate surface area is 125 Å². The van der Waals surface area contributed by atoms with Crippen LogP contribution in [0.3, 0.4) is 0 Å². The van der Waals surface area contributed by atoms with Gasteiger partial charge in [-0.3, -0.25) is 0 Å². The van der Waals surface area contributed by atoms with Crippen molar-refractivity contribution in [3.63, 3.8) is 0 Å². The van der Waals surface area contributed by atoms with E-state index in [1.165, 1.54) is 11.6 Å². The Balaban J connectivity index is 2.21. The number of ether oxygens (including phenoxy) is 1. The lowest BCUT2D eigenvalue weighted by molar-refractivity contribution is 0.340. The lowest BCUT2D eigenvalue weighted by Gasteiger charge is -2.18. The smallest absolute Gasteiger partial charge is 0.123 e. The highest BCUT2D eigenvalue weighted by atomic mass is 19.1. The average molecular weight is 287 g/mol. The van der Waals surface area contributed by atoms with Crippen LogP contribution in [-0.2, 0) is 6.42 Å². The van der Waals surface area contributed by atoms with Crippen LogP contribution in [0.15, 0.2) is 42.5 Å². The van der Waals surface area contributed by atoms with E-state index in [-0.39, 0.29) is 11.7 Å². The Bertz CT molecular complexity index is 598. The Morgan fingerprint density at radius 2 is 2.00 bits per heavy atom. The van der Waals surface area contributed by atoms with Gasteiger partial charge in [-0.15, -0.1) is 0 Å². The number of hydrogen-bond donors (Lipinski definition) is 1. The van der Waals surface area contributed by atoms with Crippen LogP contribution in [0.5, 0.6) is 5.75 Å². The van der Waals surface area contributed by atoms with Crippen LogP contribution in [0.4, 0.5) is 4.39 Å². The van der Waals surface area contributed by atoms with Crippen molar-refractivity contribution in [2.75, 3.05) is 13.2 Å². The van der Waals surface area contributed by atoms with Crippen LogP contribution in [0.2, 0.25) is 0 Å². The second-order valence-corrected chi connectivity index (χ2v) is 5.22. The quantitative estimate of drug-likeness (QED) is 0.876. The van der Waals surface area contributed by atoms with Gasteiger partial charge in [0.25, 0.3) is 0 Å². The van der Waals surface area contributed by atoms with Crippen molar-refractivity contribution in [1.29, 1.82) is 0 Å². The molecule has 0 radical (unpaired) electrons.